The molecule has 7 heteroatoms. The van der Waals surface area contributed by atoms with Gasteiger partial charge in [-0.15, -0.1) is 0 Å². The third-order valence-corrected chi connectivity index (χ3v) is 0.852. The molecule has 1 rings (SSSR count). The molecule has 1 aromatic heterocycles. The minimum atomic E-state index is -2.33. The molecule has 0 atom stereocenters. The van der Waals surface area contributed by atoms with Crippen LogP contribution in [0.3, 0.4) is 0 Å². The van der Waals surface area contributed by atoms with Crippen LogP contribution in [0, 0.1) is 0 Å². The predicted octanol–water partition coefficient (Wildman–Crippen LogP) is -6.70. The van der Waals surface area contributed by atoms with Gasteiger partial charge < -0.3 is 15.0 Å². The molecule has 60 valence electrons. The molecule has 0 aliphatic heterocycles. The summed E-state index contributed by atoms with van der Waals surface area (Å²) in [6.45, 7) is 0. The van der Waals surface area contributed by atoms with Crippen LogP contribution in [0.5, 0.6) is 0 Å². The van der Waals surface area contributed by atoms with E-state index in [1.807, 2.05) is 12.1 Å². The van der Waals surface area contributed by atoms with Crippen molar-refractivity contribution in [2.24, 2.45) is 0 Å². The predicted molar refractivity (Wildman–Crippen MR) is 34.6 cm³/mol. The molecule has 0 saturated heterocycles. The van der Waals surface area contributed by atoms with E-state index in [0.717, 1.165) is 0 Å². The largest absolute Gasteiger partial charge is 1.00 e. The van der Waals surface area contributed by atoms with Gasteiger partial charge in [0.05, 0.1) is 0 Å². The van der Waals surface area contributed by atoms with E-state index < -0.39 is 6.16 Å². The first-order valence-electron chi connectivity index (χ1n) is 2.57. The van der Waals surface area contributed by atoms with Gasteiger partial charge in [-0.3, -0.25) is 0 Å². The molecule has 0 spiro atoms. The number of rotatable bonds is 0. The van der Waals surface area contributed by atoms with E-state index in [-0.39, 0.29) is 138 Å². The second-order valence-corrected chi connectivity index (χ2v) is 1.79. The Hall–Kier alpha value is 2.81. The van der Waals surface area contributed by atoms with Gasteiger partial charge >= 0.3 is 138 Å². The number of pyridine rings is 1. The molecule has 0 fully saturated rings. The average molecular weight is 439 g/mol. The van der Waals surface area contributed by atoms with E-state index >= 15 is 0 Å². The van der Waals surface area contributed by atoms with Crippen LogP contribution < -0.4 is 148 Å². The van der Waals surface area contributed by atoms with Crippen molar-refractivity contribution in [1.29, 1.82) is 0 Å². The topological polar surface area (TPSA) is 76.1 Å². The zero-order chi connectivity index (χ0) is 8.69. The fourth-order valence-corrected chi connectivity index (χ4v) is 0.471. The zero-order valence-electron chi connectivity index (χ0n) is 7.36. The van der Waals surface area contributed by atoms with Gasteiger partial charge in [-0.05, 0) is 18.3 Å². The van der Waals surface area contributed by atoms with Crippen molar-refractivity contribution >= 4 is 17.8 Å². The molecule has 4 nitrogen and oxygen atoms in total. The first kappa shape index (κ1) is 21.1. The number of hydrogen-bond acceptors (Lipinski definition) is 4. The van der Waals surface area contributed by atoms with Gasteiger partial charge in [0.15, 0.2) is 0 Å². The molecule has 0 aliphatic rings. The van der Waals surface area contributed by atoms with Crippen molar-refractivity contribution < 1.29 is 153 Å². The molecule has 13 heavy (non-hydrogen) atoms. The summed E-state index contributed by atoms with van der Waals surface area (Å²) in [6.07, 6.45) is -0.678. The number of halogens is 1. The van der Waals surface area contributed by atoms with Crippen LogP contribution in [0.4, 0.5) is 4.79 Å². The standard InChI is InChI=1S/C5H4ClN.CH2O3.2Cs/c6-5-3-1-2-4-7-5;2-1(3)4;;/h1-4H;(H2,2,3,4);;/q;;2*+1/p-2. The van der Waals surface area contributed by atoms with Gasteiger partial charge in [0.1, 0.15) is 5.15 Å². The van der Waals surface area contributed by atoms with Crippen molar-refractivity contribution in [2.75, 3.05) is 0 Å². The summed E-state index contributed by atoms with van der Waals surface area (Å²) in [5.41, 5.74) is 0. The van der Waals surface area contributed by atoms with E-state index in [0.29, 0.717) is 5.15 Å². The third kappa shape index (κ3) is 20.8. The van der Waals surface area contributed by atoms with E-state index in [1.165, 1.54) is 0 Å². The number of aromatic nitrogens is 1. The number of carboxylic acid groups (broad SMARTS) is 2. The second-order valence-electron chi connectivity index (χ2n) is 1.40. The number of carbonyl (C=O) groups excluding carboxylic acids is 1. The van der Waals surface area contributed by atoms with Crippen LogP contribution in [0.15, 0.2) is 24.4 Å². The van der Waals surface area contributed by atoms with E-state index in [9.17, 15) is 0 Å². The molecule has 0 amide bonds. The van der Waals surface area contributed by atoms with Crippen LogP contribution >= 0.6 is 11.6 Å². The molecule has 0 radical (unpaired) electrons. The monoisotopic (exact) mass is 439 g/mol. The van der Waals surface area contributed by atoms with Crippen molar-refractivity contribution in [1.82, 2.24) is 4.98 Å². The zero-order valence-corrected chi connectivity index (χ0v) is 20.7. The van der Waals surface area contributed by atoms with Crippen molar-refractivity contribution in [3.63, 3.8) is 0 Å². The quantitative estimate of drug-likeness (QED) is 0.377. The number of nitrogens with zero attached hydrogens (tertiary/aromatic N) is 1. The van der Waals surface area contributed by atoms with Gasteiger partial charge in [-0.1, -0.05) is 17.7 Å². The molecule has 0 bridgehead atoms. The molecule has 1 aromatic rings. The number of hydrogen-bond donors (Lipinski definition) is 0. The molecular weight excluding hydrogens is 435 g/mol. The Morgan fingerprint density at radius 2 is 1.77 bits per heavy atom. The number of carbonyl (C=O) groups is 1. The summed E-state index contributed by atoms with van der Waals surface area (Å²) in [4.78, 5) is 12.1. The van der Waals surface area contributed by atoms with Crippen LogP contribution in [0.1, 0.15) is 0 Å². The minimum absolute atomic E-state index is 0. The Morgan fingerprint density at radius 1 is 1.31 bits per heavy atom. The second kappa shape index (κ2) is 14.8. The maximum absolute atomic E-state index is 8.33. The average Bonchev–Trinajstić information content (AvgIpc) is 1.87. The molecule has 0 aromatic carbocycles. The first-order chi connectivity index (χ1) is 5.13. The molecule has 0 saturated carbocycles. The summed E-state index contributed by atoms with van der Waals surface area (Å²) in [7, 11) is 0. The SMILES string of the molecule is Clc1ccccn1.O=C([O-])[O-].[Cs+].[Cs+]. The van der Waals surface area contributed by atoms with Gasteiger partial charge in [-0.2, -0.15) is 0 Å². The molecule has 0 N–H and O–H groups in total. The van der Waals surface area contributed by atoms with E-state index in [4.69, 9.17) is 26.6 Å². The maximum Gasteiger partial charge on any atom is 1.00 e. The summed E-state index contributed by atoms with van der Waals surface area (Å²) in [6, 6.07) is 5.41. The Balaban J connectivity index is -0.000000150. The normalized spacial score (nSPS) is 6.54. The van der Waals surface area contributed by atoms with E-state index in [1.54, 1.807) is 12.3 Å². The molecule has 0 aliphatic carbocycles. The van der Waals surface area contributed by atoms with Gasteiger partial charge in [-0.25, -0.2) is 4.98 Å². The van der Waals surface area contributed by atoms with Crippen molar-refractivity contribution in [3.05, 3.63) is 29.5 Å². The fourth-order valence-electron chi connectivity index (χ4n) is 0.342. The van der Waals surface area contributed by atoms with Crippen LogP contribution in [0.2, 0.25) is 5.15 Å². The Labute approximate surface area is 199 Å². The smallest absolute Gasteiger partial charge is 0.652 e. The van der Waals surface area contributed by atoms with Crippen LogP contribution in [-0.2, 0) is 0 Å². The Bertz CT molecular complexity index is 218. The van der Waals surface area contributed by atoms with Crippen molar-refractivity contribution in [3.8, 4) is 0 Å². The van der Waals surface area contributed by atoms with Crippen LogP contribution in [-0.4, -0.2) is 11.1 Å². The third-order valence-electron chi connectivity index (χ3n) is 0.629. The Kier molecular flexibility index (Phi) is 24.1. The van der Waals surface area contributed by atoms with E-state index in [2.05, 4.69) is 4.98 Å². The van der Waals surface area contributed by atoms with Gasteiger partial charge in [0.2, 0.25) is 0 Å². The summed E-state index contributed by atoms with van der Waals surface area (Å²) in [5.74, 6) is 0. The maximum atomic E-state index is 8.33. The summed E-state index contributed by atoms with van der Waals surface area (Å²) < 4.78 is 0. The molecular formula is C6H4ClCs2NO3. The van der Waals surface area contributed by atoms with Gasteiger partial charge in [0.25, 0.3) is 0 Å². The molecule has 1 heterocycles. The summed E-state index contributed by atoms with van der Waals surface area (Å²) >= 11 is 5.43. The Morgan fingerprint density at radius 3 is 1.92 bits per heavy atom. The molecule has 0 unspecified atom stereocenters. The van der Waals surface area contributed by atoms with Gasteiger partial charge in [0, 0.05) is 6.20 Å². The first-order valence-corrected chi connectivity index (χ1v) is 2.95. The fraction of sp³-hybridized carbons (Fsp3) is 0. The van der Waals surface area contributed by atoms with Crippen LogP contribution in [0.25, 0.3) is 0 Å². The minimum Gasteiger partial charge on any atom is -0.652 e. The summed E-state index contributed by atoms with van der Waals surface area (Å²) in [5, 5.41) is 17.2. The van der Waals surface area contributed by atoms with Crippen molar-refractivity contribution in [2.45, 2.75) is 0 Å².